The van der Waals surface area contributed by atoms with Gasteiger partial charge in [0.25, 0.3) is 0 Å². The molecule has 0 heterocycles. The third-order valence-electron chi connectivity index (χ3n) is 3.97. The molecule has 0 saturated heterocycles. The summed E-state index contributed by atoms with van der Waals surface area (Å²) in [6.07, 6.45) is 0.766. The van der Waals surface area contributed by atoms with Crippen molar-refractivity contribution in [2.45, 2.75) is 105 Å². The standard InChI is InChI=1S/C9H16O4.2C8H14O4/c1-4-6-8(10)13-7(3)9(11)12-5-2;2*1-4-5-7(9)12-6(2)8(10)11-3/h7H,4-6H2,1-3H3;2*6H,4-5H2,1-3H3/t7-;2*6-/m010/s1. The highest BCUT2D eigenvalue weighted by Crippen LogP contribution is 2.00. The minimum Gasteiger partial charge on any atom is -0.466 e. The molecule has 37 heavy (non-hydrogen) atoms. The maximum atomic E-state index is 11.0. The zero-order valence-corrected chi connectivity index (χ0v) is 23.6. The van der Waals surface area contributed by atoms with Crippen LogP contribution in [0.1, 0.15) is 87.0 Å². The number of hydrogen-bond donors (Lipinski definition) is 0. The van der Waals surface area contributed by atoms with Crippen molar-refractivity contribution < 1.29 is 57.2 Å². The minimum atomic E-state index is -0.797. The lowest BCUT2D eigenvalue weighted by Crippen LogP contribution is -2.26. The molecule has 0 rings (SSSR count). The van der Waals surface area contributed by atoms with E-state index in [-0.39, 0.29) is 17.9 Å². The Bertz CT molecular complexity index is 651. The van der Waals surface area contributed by atoms with Gasteiger partial charge in [-0.25, -0.2) is 14.4 Å². The highest BCUT2D eigenvalue weighted by Gasteiger charge is 2.19. The normalized spacial score (nSPS) is 11.9. The number of esters is 6. The fourth-order valence-corrected chi connectivity index (χ4v) is 2.12. The summed E-state index contributed by atoms with van der Waals surface area (Å²) < 4.78 is 27.7. The number of hydrogen-bond acceptors (Lipinski definition) is 12. The average molecular weight is 537 g/mol. The second-order valence-electron chi connectivity index (χ2n) is 7.44. The van der Waals surface area contributed by atoms with Crippen molar-refractivity contribution in [3.05, 3.63) is 0 Å². The van der Waals surface area contributed by atoms with Crippen LogP contribution in [0.15, 0.2) is 0 Å². The number of carbonyl (C=O) groups excluding carboxylic acids is 6. The summed E-state index contributed by atoms with van der Waals surface area (Å²) >= 11 is 0. The Labute approximate surface area is 219 Å². The lowest BCUT2D eigenvalue weighted by molar-refractivity contribution is -0.166. The molecular weight excluding hydrogens is 492 g/mol. The molecule has 0 aromatic carbocycles. The topological polar surface area (TPSA) is 158 Å². The summed E-state index contributed by atoms with van der Waals surface area (Å²) in [4.78, 5) is 65.1. The van der Waals surface area contributed by atoms with Crippen LogP contribution in [0.3, 0.4) is 0 Å². The lowest BCUT2D eigenvalue weighted by Gasteiger charge is -2.11. The predicted octanol–water partition coefficient (Wildman–Crippen LogP) is 3.06. The van der Waals surface area contributed by atoms with Crippen molar-refractivity contribution >= 4 is 35.8 Å². The SMILES string of the molecule is CCCC(=O)O[C@@H](C)C(=O)OC.CCCC(=O)O[C@@H](C)C(=O)OCC.CCCC(=O)O[C@H](C)C(=O)OC. The Morgan fingerprint density at radius 1 is 0.514 bits per heavy atom. The molecular formula is C25H44O12. The molecule has 0 saturated carbocycles. The summed E-state index contributed by atoms with van der Waals surface area (Å²) in [5.74, 6) is -2.64. The summed E-state index contributed by atoms with van der Waals surface area (Å²) in [7, 11) is 2.51. The van der Waals surface area contributed by atoms with Crippen molar-refractivity contribution in [1.82, 2.24) is 0 Å². The Hall–Kier alpha value is -3.18. The molecule has 0 fully saturated rings. The van der Waals surface area contributed by atoms with Crippen LogP contribution in [-0.4, -0.2) is 75.0 Å². The van der Waals surface area contributed by atoms with Crippen molar-refractivity contribution in [2.24, 2.45) is 0 Å². The van der Waals surface area contributed by atoms with Crippen LogP contribution in [0.5, 0.6) is 0 Å². The van der Waals surface area contributed by atoms with E-state index < -0.39 is 36.2 Å². The third-order valence-corrected chi connectivity index (χ3v) is 3.97. The van der Waals surface area contributed by atoms with Crippen molar-refractivity contribution in [3.63, 3.8) is 0 Å². The third kappa shape index (κ3) is 23.0. The van der Waals surface area contributed by atoms with E-state index in [0.29, 0.717) is 45.1 Å². The molecule has 0 aliphatic heterocycles. The molecule has 0 amide bonds. The molecule has 0 bridgehead atoms. The quantitative estimate of drug-likeness (QED) is 0.250. The van der Waals surface area contributed by atoms with Gasteiger partial charge in [-0.1, -0.05) is 20.8 Å². The van der Waals surface area contributed by atoms with Crippen LogP contribution < -0.4 is 0 Å². The van der Waals surface area contributed by atoms with E-state index in [4.69, 9.17) is 14.2 Å². The first-order valence-corrected chi connectivity index (χ1v) is 12.2. The fourth-order valence-electron chi connectivity index (χ4n) is 2.12. The maximum absolute atomic E-state index is 11.0. The molecule has 12 nitrogen and oxygen atoms in total. The Balaban J connectivity index is -0.000000469. The van der Waals surface area contributed by atoms with Gasteiger partial charge in [-0.2, -0.15) is 0 Å². The van der Waals surface area contributed by atoms with Gasteiger partial charge in [0.1, 0.15) is 0 Å². The van der Waals surface area contributed by atoms with Gasteiger partial charge in [0.15, 0.2) is 18.3 Å². The minimum absolute atomic E-state index is 0.300. The van der Waals surface area contributed by atoms with E-state index in [1.807, 2.05) is 20.8 Å². The number of carbonyl (C=O) groups is 6. The molecule has 0 unspecified atom stereocenters. The first-order valence-electron chi connectivity index (χ1n) is 12.2. The molecule has 0 aromatic rings. The van der Waals surface area contributed by atoms with E-state index in [9.17, 15) is 28.8 Å². The predicted molar refractivity (Wildman–Crippen MR) is 132 cm³/mol. The molecule has 0 radical (unpaired) electrons. The molecule has 0 aliphatic rings. The lowest BCUT2D eigenvalue weighted by atomic mass is 10.3. The molecule has 3 atom stereocenters. The monoisotopic (exact) mass is 536 g/mol. The molecule has 0 aromatic heterocycles. The highest BCUT2D eigenvalue weighted by molar-refractivity contribution is 5.80. The Morgan fingerprint density at radius 2 is 0.784 bits per heavy atom. The molecule has 0 N–H and O–H groups in total. The maximum Gasteiger partial charge on any atom is 0.347 e. The molecule has 0 aliphatic carbocycles. The average Bonchev–Trinajstić information content (AvgIpc) is 2.84. The van der Waals surface area contributed by atoms with Gasteiger partial charge >= 0.3 is 35.8 Å². The van der Waals surface area contributed by atoms with Gasteiger partial charge in [0, 0.05) is 19.3 Å². The number of methoxy groups -OCH3 is 2. The van der Waals surface area contributed by atoms with Crippen LogP contribution in [0, 0.1) is 0 Å². The van der Waals surface area contributed by atoms with E-state index >= 15 is 0 Å². The van der Waals surface area contributed by atoms with E-state index in [1.54, 1.807) is 6.92 Å². The van der Waals surface area contributed by atoms with Gasteiger partial charge in [-0.15, -0.1) is 0 Å². The second-order valence-corrected chi connectivity index (χ2v) is 7.44. The van der Waals surface area contributed by atoms with Gasteiger partial charge < -0.3 is 28.4 Å². The van der Waals surface area contributed by atoms with Gasteiger partial charge in [0.05, 0.1) is 20.8 Å². The highest BCUT2D eigenvalue weighted by atomic mass is 16.6. The zero-order valence-electron chi connectivity index (χ0n) is 23.6. The van der Waals surface area contributed by atoms with Crippen LogP contribution in [0.4, 0.5) is 0 Å². The largest absolute Gasteiger partial charge is 0.466 e. The first-order chi connectivity index (χ1) is 17.3. The van der Waals surface area contributed by atoms with Crippen LogP contribution in [0.2, 0.25) is 0 Å². The molecule has 0 spiro atoms. The van der Waals surface area contributed by atoms with E-state index in [0.717, 1.165) is 0 Å². The van der Waals surface area contributed by atoms with Crippen molar-refractivity contribution in [2.75, 3.05) is 20.8 Å². The van der Waals surface area contributed by atoms with Gasteiger partial charge in [-0.3, -0.25) is 14.4 Å². The fraction of sp³-hybridized carbons (Fsp3) is 0.760. The summed E-state index contributed by atoms with van der Waals surface area (Å²) in [5, 5.41) is 0. The molecule has 12 heteroatoms. The molecule has 216 valence electrons. The summed E-state index contributed by atoms with van der Waals surface area (Å²) in [6, 6.07) is 0. The van der Waals surface area contributed by atoms with E-state index in [2.05, 4.69) is 14.2 Å². The number of rotatable bonds is 13. The van der Waals surface area contributed by atoms with Crippen LogP contribution in [-0.2, 0) is 57.2 Å². The zero-order chi connectivity index (χ0) is 29.4. The van der Waals surface area contributed by atoms with E-state index in [1.165, 1.54) is 35.0 Å². The van der Waals surface area contributed by atoms with Crippen molar-refractivity contribution in [1.29, 1.82) is 0 Å². The van der Waals surface area contributed by atoms with Gasteiger partial charge in [0.2, 0.25) is 0 Å². The second kappa shape index (κ2) is 24.5. The summed E-state index contributed by atoms with van der Waals surface area (Å²) in [5.41, 5.74) is 0. The first kappa shape index (κ1) is 38.4. The van der Waals surface area contributed by atoms with Crippen LogP contribution >= 0.6 is 0 Å². The number of ether oxygens (including phenoxy) is 6. The van der Waals surface area contributed by atoms with Crippen molar-refractivity contribution in [3.8, 4) is 0 Å². The summed E-state index contributed by atoms with van der Waals surface area (Å²) in [6.45, 7) is 12.1. The van der Waals surface area contributed by atoms with Gasteiger partial charge in [-0.05, 0) is 47.0 Å². The Morgan fingerprint density at radius 3 is 1.00 bits per heavy atom. The van der Waals surface area contributed by atoms with Crippen LogP contribution in [0.25, 0.3) is 0 Å². The smallest absolute Gasteiger partial charge is 0.347 e. The Kier molecular flexibility index (Phi) is 25.4.